The highest BCUT2D eigenvalue weighted by Gasteiger charge is 2.09. The Kier molecular flexibility index (Phi) is 3.12. The van der Waals surface area contributed by atoms with Gasteiger partial charge in [-0.25, -0.2) is 8.78 Å². The van der Waals surface area contributed by atoms with Gasteiger partial charge >= 0.3 is 0 Å². The lowest BCUT2D eigenvalue weighted by atomic mass is 10.1. The fraction of sp³-hybridized carbons (Fsp3) is 0.300. The van der Waals surface area contributed by atoms with Crippen LogP contribution in [-0.2, 0) is 11.2 Å². The lowest BCUT2D eigenvalue weighted by Crippen LogP contribution is -1.97. The molecule has 0 N–H and O–H groups in total. The van der Waals surface area contributed by atoms with Crippen LogP contribution in [0.15, 0.2) is 12.1 Å². The van der Waals surface area contributed by atoms with Gasteiger partial charge in [-0.3, -0.25) is 0 Å². The Bertz CT molecular complexity index is 321. The first-order valence-electron chi connectivity index (χ1n) is 4.04. The fourth-order valence-corrected chi connectivity index (χ4v) is 1.09. The Morgan fingerprint density at radius 3 is 2.62 bits per heavy atom. The maximum absolute atomic E-state index is 13.1. The van der Waals surface area contributed by atoms with Gasteiger partial charge in [-0.15, -0.1) is 0 Å². The van der Waals surface area contributed by atoms with Crippen molar-refractivity contribution in [1.82, 2.24) is 0 Å². The number of benzene rings is 1. The molecule has 0 amide bonds. The maximum atomic E-state index is 13.1. The first-order valence-corrected chi connectivity index (χ1v) is 4.04. The minimum Gasteiger partial charge on any atom is -0.303 e. The number of aldehydes is 1. The molecule has 3 heteroatoms. The molecule has 70 valence electrons. The molecule has 0 heterocycles. The van der Waals surface area contributed by atoms with Crippen molar-refractivity contribution < 1.29 is 13.6 Å². The average Bonchev–Trinajstić information content (AvgIpc) is 2.13. The van der Waals surface area contributed by atoms with E-state index in [0.29, 0.717) is 6.29 Å². The molecule has 0 aliphatic heterocycles. The molecule has 0 unspecified atom stereocenters. The number of aryl methyl sites for hydroxylation is 2. The molecule has 0 spiro atoms. The van der Waals surface area contributed by atoms with Crippen LogP contribution in [0.2, 0.25) is 0 Å². The summed E-state index contributed by atoms with van der Waals surface area (Å²) in [5.41, 5.74) is 0.544. The van der Waals surface area contributed by atoms with Gasteiger partial charge in [-0.05, 0) is 24.5 Å². The second-order valence-electron chi connectivity index (χ2n) is 2.87. The van der Waals surface area contributed by atoms with Gasteiger partial charge in [0.15, 0.2) is 11.6 Å². The lowest BCUT2D eigenvalue weighted by Gasteiger charge is -2.03. The van der Waals surface area contributed by atoms with E-state index in [0.717, 1.165) is 0 Å². The molecule has 0 saturated heterocycles. The second-order valence-corrected chi connectivity index (χ2v) is 2.87. The van der Waals surface area contributed by atoms with E-state index in [9.17, 15) is 13.6 Å². The molecule has 1 aromatic rings. The molecule has 0 aliphatic rings. The van der Waals surface area contributed by atoms with E-state index < -0.39 is 11.6 Å². The SMILES string of the molecule is Cc1ccc(CCC=O)c(F)c1F. The predicted octanol–water partition coefficient (Wildman–Crippen LogP) is 2.40. The monoisotopic (exact) mass is 184 g/mol. The summed E-state index contributed by atoms with van der Waals surface area (Å²) < 4.78 is 26.1. The van der Waals surface area contributed by atoms with Crippen LogP contribution in [0.3, 0.4) is 0 Å². The first kappa shape index (κ1) is 9.84. The van der Waals surface area contributed by atoms with E-state index in [-0.39, 0.29) is 24.0 Å². The zero-order valence-corrected chi connectivity index (χ0v) is 7.31. The van der Waals surface area contributed by atoms with E-state index >= 15 is 0 Å². The van der Waals surface area contributed by atoms with E-state index in [1.807, 2.05) is 0 Å². The van der Waals surface area contributed by atoms with Gasteiger partial charge in [0.2, 0.25) is 0 Å². The highest BCUT2D eigenvalue weighted by atomic mass is 19.2. The summed E-state index contributed by atoms with van der Waals surface area (Å²) >= 11 is 0. The van der Waals surface area contributed by atoms with E-state index in [1.165, 1.54) is 19.1 Å². The molecule has 13 heavy (non-hydrogen) atoms. The molecule has 0 fully saturated rings. The minimum atomic E-state index is -0.832. The Morgan fingerprint density at radius 1 is 1.31 bits per heavy atom. The molecule has 1 rings (SSSR count). The molecular formula is C10H10F2O. The molecule has 0 aromatic heterocycles. The van der Waals surface area contributed by atoms with Gasteiger partial charge in [0.05, 0.1) is 0 Å². The Hall–Kier alpha value is -1.25. The molecule has 1 aromatic carbocycles. The summed E-state index contributed by atoms with van der Waals surface area (Å²) in [5, 5.41) is 0. The number of hydrogen-bond donors (Lipinski definition) is 0. The summed E-state index contributed by atoms with van der Waals surface area (Å²) in [7, 11) is 0. The van der Waals surface area contributed by atoms with Gasteiger partial charge in [0, 0.05) is 6.42 Å². The van der Waals surface area contributed by atoms with Crippen LogP contribution in [0.4, 0.5) is 8.78 Å². The van der Waals surface area contributed by atoms with E-state index in [2.05, 4.69) is 0 Å². The maximum Gasteiger partial charge on any atom is 0.162 e. The Morgan fingerprint density at radius 2 is 2.00 bits per heavy atom. The average molecular weight is 184 g/mol. The number of carbonyl (C=O) groups is 1. The number of carbonyl (C=O) groups excluding carboxylic acids is 1. The molecule has 0 radical (unpaired) electrons. The van der Waals surface area contributed by atoms with Crippen LogP contribution < -0.4 is 0 Å². The van der Waals surface area contributed by atoms with Gasteiger partial charge in [-0.1, -0.05) is 12.1 Å². The predicted molar refractivity (Wildman–Crippen MR) is 45.5 cm³/mol. The molecule has 0 atom stereocenters. The summed E-state index contributed by atoms with van der Waals surface area (Å²) in [4.78, 5) is 10.0. The zero-order valence-electron chi connectivity index (χ0n) is 7.31. The third kappa shape index (κ3) is 2.11. The topological polar surface area (TPSA) is 17.1 Å². The van der Waals surface area contributed by atoms with Gasteiger partial charge in [0.1, 0.15) is 6.29 Å². The summed E-state index contributed by atoms with van der Waals surface area (Å²) in [5.74, 6) is -1.65. The largest absolute Gasteiger partial charge is 0.303 e. The first-order chi connectivity index (χ1) is 6.16. The van der Waals surface area contributed by atoms with Crippen molar-refractivity contribution in [1.29, 1.82) is 0 Å². The van der Waals surface area contributed by atoms with Gasteiger partial charge in [0.25, 0.3) is 0 Å². The summed E-state index contributed by atoms with van der Waals surface area (Å²) in [6.07, 6.45) is 1.17. The Labute approximate surface area is 75.4 Å². The van der Waals surface area contributed by atoms with Crippen molar-refractivity contribution in [3.05, 3.63) is 34.9 Å². The second kappa shape index (κ2) is 4.12. The number of rotatable bonds is 3. The number of hydrogen-bond acceptors (Lipinski definition) is 1. The molecule has 0 saturated carbocycles. The smallest absolute Gasteiger partial charge is 0.162 e. The van der Waals surface area contributed by atoms with Crippen molar-refractivity contribution in [2.75, 3.05) is 0 Å². The molecule has 1 nitrogen and oxygen atoms in total. The highest BCUT2D eigenvalue weighted by Crippen LogP contribution is 2.16. The van der Waals surface area contributed by atoms with Crippen LogP contribution in [-0.4, -0.2) is 6.29 Å². The van der Waals surface area contributed by atoms with Crippen LogP contribution >= 0.6 is 0 Å². The van der Waals surface area contributed by atoms with Crippen LogP contribution in [0.1, 0.15) is 17.5 Å². The van der Waals surface area contributed by atoms with Gasteiger partial charge < -0.3 is 4.79 Å². The van der Waals surface area contributed by atoms with Crippen molar-refractivity contribution in [3.63, 3.8) is 0 Å². The van der Waals surface area contributed by atoms with Crippen LogP contribution in [0.25, 0.3) is 0 Å². The van der Waals surface area contributed by atoms with E-state index in [4.69, 9.17) is 0 Å². The van der Waals surface area contributed by atoms with Crippen molar-refractivity contribution in [2.24, 2.45) is 0 Å². The normalized spacial score (nSPS) is 10.1. The molecule has 0 aliphatic carbocycles. The van der Waals surface area contributed by atoms with Gasteiger partial charge in [-0.2, -0.15) is 0 Å². The molecule has 0 bridgehead atoms. The minimum absolute atomic E-state index is 0.222. The fourth-order valence-electron chi connectivity index (χ4n) is 1.09. The van der Waals surface area contributed by atoms with Crippen molar-refractivity contribution in [3.8, 4) is 0 Å². The summed E-state index contributed by atoms with van der Waals surface area (Å²) in [6.45, 7) is 1.50. The highest BCUT2D eigenvalue weighted by molar-refractivity contribution is 5.50. The standard InChI is InChI=1S/C10H10F2O/c1-7-4-5-8(3-2-6-13)10(12)9(7)11/h4-6H,2-3H2,1H3. The quantitative estimate of drug-likeness (QED) is 0.659. The summed E-state index contributed by atoms with van der Waals surface area (Å²) in [6, 6.07) is 3.02. The Balaban J connectivity index is 2.96. The zero-order chi connectivity index (χ0) is 9.84. The number of halogens is 2. The van der Waals surface area contributed by atoms with Crippen molar-refractivity contribution in [2.45, 2.75) is 19.8 Å². The van der Waals surface area contributed by atoms with E-state index in [1.54, 1.807) is 0 Å². The third-order valence-electron chi connectivity index (χ3n) is 1.89. The van der Waals surface area contributed by atoms with Crippen LogP contribution in [0.5, 0.6) is 0 Å². The lowest BCUT2D eigenvalue weighted by molar-refractivity contribution is -0.107. The third-order valence-corrected chi connectivity index (χ3v) is 1.89. The molecular weight excluding hydrogens is 174 g/mol. The van der Waals surface area contributed by atoms with Crippen LogP contribution in [0, 0.1) is 18.6 Å². The van der Waals surface area contributed by atoms with Crippen molar-refractivity contribution >= 4 is 6.29 Å².